The van der Waals surface area contributed by atoms with Gasteiger partial charge in [-0.1, -0.05) is 18.2 Å². The van der Waals surface area contributed by atoms with E-state index in [1.165, 1.54) is 19.2 Å². The van der Waals surface area contributed by atoms with Crippen LogP contribution in [0.25, 0.3) is 0 Å². The summed E-state index contributed by atoms with van der Waals surface area (Å²) >= 11 is 3.25. The van der Waals surface area contributed by atoms with Crippen LogP contribution in [0.5, 0.6) is 5.75 Å². The van der Waals surface area contributed by atoms with Gasteiger partial charge in [-0.15, -0.1) is 0 Å². The highest BCUT2D eigenvalue weighted by Crippen LogP contribution is 2.33. The van der Waals surface area contributed by atoms with E-state index in [1.807, 2.05) is 19.1 Å². The Morgan fingerprint density at radius 2 is 1.90 bits per heavy atom. The van der Waals surface area contributed by atoms with Gasteiger partial charge >= 0.3 is 0 Å². The van der Waals surface area contributed by atoms with E-state index in [9.17, 15) is 8.42 Å². The van der Waals surface area contributed by atoms with Gasteiger partial charge in [0.15, 0.2) is 0 Å². The monoisotopic (exact) mass is 370 g/mol. The van der Waals surface area contributed by atoms with Crippen LogP contribution in [0.3, 0.4) is 0 Å². The van der Waals surface area contributed by atoms with E-state index in [1.54, 1.807) is 12.1 Å². The van der Waals surface area contributed by atoms with Crippen LogP contribution in [0.1, 0.15) is 5.56 Å². The standard InChI is InChI=1S/C14H15BrN2O3S/c1-9-5-3-4-6-12(9)17-21(18,19)14-8-11(16)10(15)7-13(14)20-2/h3-8,17H,16H2,1-2H3. The third-order valence-electron chi connectivity index (χ3n) is 2.96. The van der Waals surface area contributed by atoms with Gasteiger partial charge in [0, 0.05) is 10.2 Å². The van der Waals surface area contributed by atoms with Crippen molar-refractivity contribution < 1.29 is 13.2 Å². The zero-order valence-electron chi connectivity index (χ0n) is 11.6. The second-order valence-corrected chi connectivity index (χ2v) is 6.95. The molecule has 5 nitrogen and oxygen atoms in total. The number of nitrogens with one attached hydrogen (secondary N) is 1. The Morgan fingerprint density at radius 3 is 2.52 bits per heavy atom. The van der Waals surface area contributed by atoms with Crippen molar-refractivity contribution in [3.05, 3.63) is 46.4 Å². The van der Waals surface area contributed by atoms with Crippen molar-refractivity contribution in [2.24, 2.45) is 0 Å². The van der Waals surface area contributed by atoms with Gasteiger partial charge in [0.1, 0.15) is 10.6 Å². The SMILES string of the molecule is COc1cc(Br)c(N)cc1S(=O)(=O)Nc1ccccc1C. The number of anilines is 2. The molecule has 3 N–H and O–H groups in total. The number of ether oxygens (including phenoxy) is 1. The van der Waals surface area contributed by atoms with E-state index in [-0.39, 0.29) is 10.6 Å². The zero-order valence-corrected chi connectivity index (χ0v) is 14.0. The van der Waals surface area contributed by atoms with Crippen molar-refractivity contribution in [1.82, 2.24) is 0 Å². The smallest absolute Gasteiger partial charge is 0.265 e. The van der Waals surface area contributed by atoms with Crippen LogP contribution in [0, 0.1) is 6.92 Å². The summed E-state index contributed by atoms with van der Waals surface area (Å²) in [5.74, 6) is 0.220. The van der Waals surface area contributed by atoms with Gasteiger partial charge in [0.05, 0.1) is 12.8 Å². The van der Waals surface area contributed by atoms with Crippen LogP contribution in [0.15, 0.2) is 45.8 Å². The summed E-state index contributed by atoms with van der Waals surface area (Å²) < 4.78 is 33.3. The first-order valence-electron chi connectivity index (χ1n) is 6.06. The topological polar surface area (TPSA) is 81.4 Å². The molecule has 7 heteroatoms. The fraction of sp³-hybridized carbons (Fsp3) is 0.143. The van der Waals surface area contributed by atoms with Crippen molar-refractivity contribution in [3.8, 4) is 5.75 Å². The molecule has 0 amide bonds. The molecule has 0 spiro atoms. The Labute approximate surface area is 132 Å². The van der Waals surface area contributed by atoms with Gasteiger partial charge < -0.3 is 10.5 Å². The van der Waals surface area contributed by atoms with Crippen LogP contribution in [-0.4, -0.2) is 15.5 Å². The predicted octanol–water partition coefficient (Wildman–Crippen LogP) is 3.15. The molecule has 0 aliphatic rings. The largest absolute Gasteiger partial charge is 0.495 e. The highest BCUT2D eigenvalue weighted by molar-refractivity contribution is 9.10. The third kappa shape index (κ3) is 3.30. The molecule has 0 saturated heterocycles. The highest BCUT2D eigenvalue weighted by atomic mass is 79.9. The average molecular weight is 371 g/mol. The van der Waals surface area contributed by atoms with Crippen molar-refractivity contribution in [3.63, 3.8) is 0 Å². The molecule has 0 radical (unpaired) electrons. The van der Waals surface area contributed by atoms with Crippen LogP contribution < -0.4 is 15.2 Å². The van der Waals surface area contributed by atoms with Gasteiger partial charge in [-0.05, 0) is 46.6 Å². The van der Waals surface area contributed by atoms with Crippen LogP contribution in [-0.2, 0) is 10.0 Å². The molecule has 2 aromatic carbocycles. The van der Waals surface area contributed by atoms with E-state index in [2.05, 4.69) is 20.7 Å². The first kappa shape index (κ1) is 15.7. The lowest BCUT2D eigenvalue weighted by molar-refractivity contribution is 0.402. The Morgan fingerprint density at radius 1 is 1.24 bits per heavy atom. The van der Waals surface area contributed by atoms with Crippen LogP contribution >= 0.6 is 15.9 Å². The number of halogens is 1. The van der Waals surface area contributed by atoms with E-state index in [4.69, 9.17) is 10.5 Å². The lowest BCUT2D eigenvalue weighted by atomic mass is 10.2. The maximum atomic E-state index is 12.5. The van der Waals surface area contributed by atoms with Crippen molar-refractivity contribution in [2.45, 2.75) is 11.8 Å². The maximum Gasteiger partial charge on any atom is 0.265 e. The summed E-state index contributed by atoms with van der Waals surface area (Å²) in [4.78, 5) is -0.00560. The predicted molar refractivity (Wildman–Crippen MR) is 87.1 cm³/mol. The molecule has 0 aliphatic carbocycles. The number of sulfonamides is 1. The lowest BCUT2D eigenvalue weighted by Crippen LogP contribution is -2.15. The Balaban J connectivity index is 2.50. The number of hydrogen-bond donors (Lipinski definition) is 2. The first-order chi connectivity index (χ1) is 9.85. The Bertz CT molecular complexity index is 776. The molecule has 0 aliphatic heterocycles. The van der Waals surface area contributed by atoms with E-state index < -0.39 is 10.0 Å². The molecule has 0 fully saturated rings. The summed E-state index contributed by atoms with van der Waals surface area (Å²) in [6.45, 7) is 1.82. The van der Waals surface area contributed by atoms with Crippen molar-refractivity contribution >= 4 is 37.3 Å². The molecule has 0 bridgehead atoms. The second-order valence-electron chi connectivity index (χ2n) is 4.45. The van der Waals surface area contributed by atoms with Gasteiger partial charge in [0.2, 0.25) is 0 Å². The molecule has 2 rings (SSSR count). The molecule has 0 atom stereocenters. The second kappa shape index (κ2) is 5.95. The lowest BCUT2D eigenvalue weighted by Gasteiger charge is -2.14. The minimum absolute atomic E-state index is 0.00560. The van der Waals surface area contributed by atoms with Crippen molar-refractivity contribution in [2.75, 3.05) is 17.6 Å². The van der Waals surface area contributed by atoms with E-state index >= 15 is 0 Å². The summed E-state index contributed by atoms with van der Waals surface area (Å²) in [5.41, 5.74) is 7.43. The normalized spacial score (nSPS) is 11.2. The fourth-order valence-electron chi connectivity index (χ4n) is 1.81. The Kier molecular flexibility index (Phi) is 4.43. The zero-order chi connectivity index (χ0) is 15.6. The number of nitrogen functional groups attached to an aromatic ring is 1. The molecule has 21 heavy (non-hydrogen) atoms. The quantitative estimate of drug-likeness (QED) is 0.809. The minimum atomic E-state index is -3.79. The molecule has 0 aromatic heterocycles. The fourth-order valence-corrected chi connectivity index (χ4v) is 3.45. The molecule has 0 unspecified atom stereocenters. The molecule has 112 valence electrons. The number of nitrogens with two attached hydrogens (primary N) is 1. The van der Waals surface area contributed by atoms with Gasteiger partial charge in [0.25, 0.3) is 10.0 Å². The number of methoxy groups -OCH3 is 1. The number of hydrogen-bond acceptors (Lipinski definition) is 4. The number of rotatable bonds is 4. The Hall–Kier alpha value is -1.73. The summed E-state index contributed by atoms with van der Waals surface area (Å²) in [7, 11) is -2.39. The van der Waals surface area contributed by atoms with E-state index in [0.29, 0.717) is 15.8 Å². The number of aryl methyl sites for hydroxylation is 1. The summed E-state index contributed by atoms with van der Waals surface area (Å²) in [6, 6.07) is 10.0. The van der Waals surface area contributed by atoms with Gasteiger partial charge in [-0.3, -0.25) is 4.72 Å². The highest BCUT2D eigenvalue weighted by Gasteiger charge is 2.21. The molecular formula is C14H15BrN2O3S. The minimum Gasteiger partial charge on any atom is -0.495 e. The van der Waals surface area contributed by atoms with Crippen molar-refractivity contribution in [1.29, 1.82) is 0 Å². The van der Waals surface area contributed by atoms with Crippen LogP contribution in [0.4, 0.5) is 11.4 Å². The first-order valence-corrected chi connectivity index (χ1v) is 8.34. The molecular weight excluding hydrogens is 356 g/mol. The van der Waals surface area contributed by atoms with E-state index in [0.717, 1.165) is 5.56 Å². The molecule has 0 saturated carbocycles. The van der Waals surface area contributed by atoms with Gasteiger partial charge in [-0.2, -0.15) is 0 Å². The van der Waals surface area contributed by atoms with Gasteiger partial charge in [-0.25, -0.2) is 8.42 Å². The average Bonchev–Trinajstić information content (AvgIpc) is 2.43. The maximum absolute atomic E-state index is 12.5. The third-order valence-corrected chi connectivity index (χ3v) is 5.04. The number of para-hydroxylation sites is 1. The molecule has 2 aromatic rings. The van der Waals surface area contributed by atoms with Crippen LogP contribution in [0.2, 0.25) is 0 Å². The summed E-state index contributed by atoms with van der Waals surface area (Å²) in [6.07, 6.45) is 0. The summed E-state index contributed by atoms with van der Waals surface area (Å²) in [5, 5.41) is 0. The molecule has 0 heterocycles. The number of benzene rings is 2.